The molecule has 5 nitrogen and oxygen atoms in total. The quantitative estimate of drug-likeness (QED) is 0.845. The summed E-state index contributed by atoms with van der Waals surface area (Å²) in [5.74, 6) is 0.705. The van der Waals surface area contributed by atoms with Crippen molar-refractivity contribution in [2.24, 2.45) is 0 Å². The lowest BCUT2D eigenvalue weighted by Crippen LogP contribution is -2.38. The van der Waals surface area contributed by atoms with Gasteiger partial charge in [0.15, 0.2) is 10.6 Å². The Labute approximate surface area is 141 Å². The van der Waals surface area contributed by atoms with Crippen molar-refractivity contribution in [3.63, 3.8) is 0 Å². The van der Waals surface area contributed by atoms with E-state index in [-0.39, 0.29) is 12.5 Å². The van der Waals surface area contributed by atoms with Crippen molar-refractivity contribution in [3.05, 3.63) is 34.6 Å². The highest BCUT2D eigenvalue weighted by atomic mass is 32.1. The van der Waals surface area contributed by atoms with Crippen LogP contribution in [-0.4, -0.2) is 26.7 Å². The Kier molecular flexibility index (Phi) is 4.91. The molecular weight excluding hydrogens is 308 g/mol. The van der Waals surface area contributed by atoms with Gasteiger partial charge in [0.25, 0.3) is 0 Å². The van der Waals surface area contributed by atoms with Crippen molar-refractivity contribution in [3.8, 4) is 11.4 Å². The molecule has 1 heterocycles. The standard InChI is InChI=1S/C17H22N4OS/c1-12-7-9-13(10-8-12)16-19-20-17(23)21(16)11-15(22)18-14-5-3-2-4-6-14/h7-10,14H,2-6,11H2,1H3,(H,18,22)(H,20,23). The molecule has 1 saturated carbocycles. The van der Waals surface area contributed by atoms with Gasteiger partial charge in [-0.25, -0.2) is 0 Å². The number of amides is 1. The Morgan fingerprint density at radius 2 is 2.00 bits per heavy atom. The molecule has 2 N–H and O–H groups in total. The van der Waals surface area contributed by atoms with Gasteiger partial charge in [-0.1, -0.05) is 49.1 Å². The zero-order valence-electron chi connectivity index (χ0n) is 13.3. The molecule has 0 radical (unpaired) electrons. The van der Waals surface area contributed by atoms with Gasteiger partial charge in [0.1, 0.15) is 6.54 Å². The lowest BCUT2D eigenvalue weighted by atomic mass is 9.95. The molecule has 0 aliphatic heterocycles. The first-order chi connectivity index (χ1) is 11.1. The molecule has 0 bridgehead atoms. The Bertz CT molecular complexity index is 726. The number of benzene rings is 1. The van der Waals surface area contributed by atoms with Crippen LogP contribution in [0.4, 0.5) is 0 Å². The van der Waals surface area contributed by atoms with Gasteiger partial charge >= 0.3 is 0 Å². The molecule has 1 amide bonds. The fraction of sp³-hybridized carbons (Fsp3) is 0.471. The maximum absolute atomic E-state index is 12.3. The number of nitrogens with zero attached hydrogens (tertiary/aromatic N) is 2. The number of hydrogen-bond acceptors (Lipinski definition) is 3. The summed E-state index contributed by atoms with van der Waals surface area (Å²) in [6, 6.07) is 8.35. The molecule has 122 valence electrons. The summed E-state index contributed by atoms with van der Waals surface area (Å²) in [4.78, 5) is 12.3. The smallest absolute Gasteiger partial charge is 0.240 e. The molecule has 1 aliphatic rings. The molecule has 0 atom stereocenters. The van der Waals surface area contributed by atoms with Crippen LogP contribution in [0.25, 0.3) is 11.4 Å². The van der Waals surface area contributed by atoms with Crippen LogP contribution in [0.1, 0.15) is 37.7 Å². The van der Waals surface area contributed by atoms with Gasteiger partial charge < -0.3 is 5.32 Å². The minimum absolute atomic E-state index is 0.00256. The Morgan fingerprint density at radius 3 is 2.70 bits per heavy atom. The summed E-state index contributed by atoms with van der Waals surface area (Å²) in [7, 11) is 0. The van der Waals surface area contributed by atoms with E-state index in [1.54, 1.807) is 4.57 Å². The molecule has 6 heteroatoms. The van der Waals surface area contributed by atoms with E-state index in [0.29, 0.717) is 16.6 Å². The summed E-state index contributed by atoms with van der Waals surface area (Å²) >= 11 is 5.29. The van der Waals surface area contributed by atoms with Crippen LogP contribution in [0.5, 0.6) is 0 Å². The molecule has 0 unspecified atom stereocenters. The largest absolute Gasteiger partial charge is 0.352 e. The van der Waals surface area contributed by atoms with Gasteiger partial charge in [-0.15, -0.1) is 0 Å². The van der Waals surface area contributed by atoms with Crippen LogP contribution in [0, 0.1) is 11.7 Å². The summed E-state index contributed by atoms with van der Waals surface area (Å²) in [5.41, 5.74) is 2.14. The SMILES string of the molecule is Cc1ccc(-c2n[nH]c(=S)n2CC(=O)NC2CCCCC2)cc1. The number of carbonyl (C=O) groups excluding carboxylic acids is 1. The van der Waals surface area contributed by atoms with Crippen LogP contribution in [0.2, 0.25) is 0 Å². The lowest BCUT2D eigenvalue weighted by molar-refractivity contribution is -0.122. The van der Waals surface area contributed by atoms with Crippen LogP contribution in [-0.2, 0) is 11.3 Å². The number of nitrogens with one attached hydrogen (secondary N) is 2. The van der Waals surface area contributed by atoms with Gasteiger partial charge in [-0.2, -0.15) is 5.10 Å². The molecule has 1 aromatic heterocycles. The number of aryl methyl sites for hydroxylation is 1. The molecule has 1 aromatic carbocycles. The first-order valence-electron chi connectivity index (χ1n) is 8.15. The van der Waals surface area contributed by atoms with Crippen molar-refractivity contribution in [1.82, 2.24) is 20.1 Å². The number of rotatable bonds is 4. The Morgan fingerprint density at radius 1 is 1.30 bits per heavy atom. The first kappa shape index (κ1) is 15.9. The van der Waals surface area contributed by atoms with Crippen molar-refractivity contribution < 1.29 is 4.79 Å². The minimum Gasteiger partial charge on any atom is -0.352 e. The van der Waals surface area contributed by atoms with Crippen molar-refractivity contribution in [2.45, 2.75) is 51.6 Å². The Hall–Kier alpha value is -1.95. The normalized spacial score (nSPS) is 15.5. The highest BCUT2D eigenvalue weighted by molar-refractivity contribution is 7.71. The third kappa shape index (κ3) is 3.88. The fourth-order valence-electron chi connectivity index (χ4n) is 3.05. The summed E-state index contributed by atoms with van der Waals surface area (Å²) in [6.45, 7) is 2.24. The highest BCUT2D eigenvalue weighted by Gasteiger charge is 2.17. The second-order valence-corrected chi connectivity index (χ2v) is 6.59. The second kappa shape index (κ2) is 7.08. The predicted octanol–water partition coefficient (Wildman–Crippen LogP) is 3.37. The van der Waals surface area contributed by atoms with E-state index >= 15 is 0 Å². The average molecular weight is 330 g/mol. The summed E-state index contributed by atoms with van der Waals surface area (Å²) in [5, 5.41) is 10.2. The lowest BCUT2D eigenvalue weighted by Gasteiger charge is -2.22. The third-order valence-electron chi connectivity index (χ3n) is 4.34. The minimum atomic E-state index is 0.00256. The van der Waals surface area contributed by atoms with E-state index in [9.17, 15) is 4.79 Å². The van der Waals surface area contributed by atoms with E-state index in [1.807, 2.05) is 31.2 Å². The third-order valence-corrected chi connectivity index (χ3v) is 4.65. The predicted molar refractivity (Wildman–Crippen MR) is 92.6 cm³/mol. The number of H-pyrrole nitrogens is 1. The molecule has 0 spiro atoms. The van der Waals surface area contributed by atoms with Gasteiger partial charge in [-0.3, -0.25) is 14.5 Å². The van der Waals surface area contributed by atoms with E-state index in [1.165, 1.54) is 24.8 Å². The molecule has 1 fully saturated rings. The fourth-order valence-corrected chi connectivity index (χ4v) is 3.25. The number of carbonyl (C=O) groups is 1. The molecule has 3 rings (SSSR count). The topological polar surface area (TPSA) is 62.7 Å². The number of aromatic nitrogens is 3. The molecule has 0 saturated heterocycles. The molecular formula is C17H22N4OS. The Balaban J connectivity index is 1.74. The number of aromatic amines is 1. The molecule has 23 heavy (non-hydrogen) atoms. The average Bonchev–Trinajstić information content (AvgIpc) is 2.90. The molecule has 1 aliphatic carbocycles. The van der Waals surface area contributed by atoms with E-state index in [0.717, 1.165) is 18.4 Å². The maximum Gasteiger partial charge on any atom is 0.240 e. The van der Waals surface area contributed by atoms with E-state index in [2.05, 4.69) is 15.5 Å². The van der Waals surface area contributed by atoms with Gasteiger partial charge in [0.2, 0.25) is 5.91 Å². The van der Waals surface area contributed by atoms with Crippen LogP contribution < -0.4 is 5.32 Å². The maximum atomic E-state index is 12.3. The van der Waals surface area contributed by atoms with Crippen LogP contribution >= 0.6 is 12.2 Å². The summed E-state index contributed by atoms with van der Waals surface area (Å²) in [6.07, 6.45) is 5.83. The van der Waals surface area contributed by atoms with Gasteiger partial charge in [-0.05, 0) is 32.0 Å². The van der Waals surface area contributed by atoms with Crippen LogP contribution in [0.15, 0.2) is 24.3 Å². The number of hydrogen-bond donors (Lipinski definition) is 2. The second-order valence-electron chi connectivity index (χ2n) is 6.21. The first-order valence-corrected chi connectivity index (χ1v) is 8.56. The van der Waals surface area contributed by atoms with Gasteiger partial charge in [0.05, 0.1) is 0 Å². The summed E-state index contributed by atoms with van der Waals surface area (Å²) < 4.78 is 2.23. The monoisotopic (exact) mass is 330 g/mol. The van der Waals surface area contributed by atoms with Crippen LogP contribution in [0.3, 0.4) is 0 Å². The zero-order valence-corrected chi connectivity index (χ0v) is 14.2. The van der Waals surface area contributed by atoms with E-state index < -0.39 is 0 Å². The van der Waals surface area contributed by atoms with Crippen molar-refractivity contribution >= 4 is 18.1 Å². The molecule has 2 aromatic rings. The highest BCUT2D eigenvalue weighted by Crippen LogP contribution is 2.19. The van der Waals surface area contributed by atoms with Crippen molar-refractivity contribution in [1.29, 1.82) is 0 Å². The van der Waals surface area contributed by atoms with E-state index in [4.69, 9.17) is 12.2 Å². The van der Waals surface area contributed by atoms with Crippen molar-refractivity contribution in [2.75, 3.05) is 0 Å². The van der Waals surface area contributed by atoms with Gasteiger partial charge in [0, 0.05) is 11.6 Å². The zero-order chi connectivity index (χ0) is 16.2.